The lowest BCUT2D eigenvalue weighted by Crippen LogP contribution is -2.37. The van der Waals surface area contributed by atoms with E-state index >= 15 is 0 Å². The second-order valence-electron chi connectivity index (χ2n) is 7.67. The van der Waals surface area contributed by atoms with Gasteiger partial charge < -0.3 is 18.9 Å². The third-order valence-corrected chi connectivity index (χ3v) is 6.57. The van der Waals surface area contributed by atoms with E-state index in [1.807, 2.05) is 0 Å². The van der Waals surface area contributed by atoms with Crippen molar-refractivity contribution in [2.45, 2.75) is 33.3 Å². The summed E-state index contributed by atoms with van der Waals surface area (Å²) in [6.45, 7) is 5.51. The van der Waals surface area contributed by atoms with E-state index in [4.69, 9.17) is 30.5 Å². The highest BCUT2D eigenvalue weighted by atomic mass is 35.5. The lowest BCUT2D eigenvalue weighted by Gasteiger charge is -2.32. The van der Waals surface area contributed by atoms with Gasteiger partial charge in [-0.2, -0.15) is 0 Å². The first-order valence-corrected chi connectivity index (χ1v) is 12.5. The number of esters is 3. The van der Waals surface area contributed by atoms with Gasteiger partial charge in [0.1, 0.15) is 10.9 Å². The summed E-state index contributed by atoms with van der Waals surface area (Å²) < 4.78 is 21.2. The summed E-state index contributed by atoms with van der Waals surface area (Å²) in [5, 5.41) is 2.54. The molecular weight excluding hydrogens is 508 g/mol. The number of nitrogens with zero attached hydrogens (tertiary/aromatic N) is 2. The lowest BCUT2D eigenvalue weighted by atomic mass is 9.75. The Kier molecular flexibility index (Phi) is 9.74. The number of ether oxygens (including phenoxy) is 4. The standard InChI is InChI=1S/C25H27ClN2O7S/c1-5-34-23(29)18-13-36-19(28-18)12-33-11-17-22(25(31)35-6-2)21(15-9-7-8-10-16(15)26)20(14(3)27-17)24(30)32-4/h7-10,13,20-21H,5-6,11-12H2,1-4H3. The number of aliphatic imine (C=N–C) groups is 1. The van der Waals surface area contributed by atoms with Crippen LogP contribution in [0.3, 0.4) is 0 Å². The van der Waals surface area contributed by atoms with E-state index in [1.54, 1.807) is 50.4 Å². The molecule has 1 aromatic carbocycles. The average molecular weight is 535 g/mol. The van der Waals surface area contributed by atoms with Crippen molar-refractivity contribution in [2.75, 3.05) is 26.9 Å². The molecule has 9 nitrogen and oxygen atoms in total. The van der Waals surface area contributed by atoms with E-state index in [0.717, 1.165) is 0 Å². The van der Waals surface area contributed by atoms with E-state index in [-0.39, 0.29) is 37.7 Å². The normalized spacial score (nSPS) is 17.4. The summed E-state index contributed by atoms with van der Waals surface area (Å²) in [6.07, 6.45) is 0. The molecule has 2 aromatic rings. The summed E-state index contributed by atoms with van der Waals surface area (Å²) in [7, 11) is 1.28. The van der Waals surface area contributed by atoms with Crippen LogP contribution in [0, 0.1) is 5.92 Å². The van der Waals surface area contributed by atoms with E-state index < -0.39 is 29.7 Å². The van der Waals surface area contributed by atoms with Crippen LogP contribution >= 0.6 is 22.9 Å². The molecule has 1 aromatic heterocycles. The highest BCUT2D eigenvalue weighted by Gasteiger charge is 2.43. The molecule has 2 heterocycles. The Balaban J connectivity index is 1.96. The van der Waals surface area contributed by atoms with Crippen molar-refractivity contribution >= 4 is 46.6 Å². The van der Waals surface area contributed by atoms with Crippen LogP contribution in [0.15, 0.2) is 45.9 Å². The molecule has 0 radical (unpaired) electrons. The van der Waals surface area contributed by atoms with Gasteiger partial charge in [0.25, 0.3) is 0 Å². The maximum absolute atomic E-state index is 13.2. The molecule has 0 amide bonds. The molecule has 2 atom stereocenters. The molecule has 3 rings (SSSR count). The molecule has 0 fully saturated rings. The van der Waals surface area contributed by atoms with Crippen LogP contribution in [0.1, 0.15) is 47.7 Å². The van der Waals surface area contributed by atoms with Crippen LogP contribution in [-0.2, 0) is 35.1 Å². The van der Waals surface area contributed by atoms with Crippen molar-refractivity contribution in [2.24, 2.45) is 10.9 Å². The van der Waals surface area contributed by atoms with Crippen molar-refractivity contribution < 1.29 is 33.3 Å². The first kappa shape index (κ1) is 27.5. The molecular formula is C25H27ClN2O7S. The number of carbonyl (C=O) groups excluding carboxylic acids is 3. The second kappa shape index (κ2) is 12.8. The third kappa shape index (κ3) is 6.18. The SMILES string of the molecule is CCOC(=O)C1=C(COCc2nc(C(=O)OCC)cs2)N=C(C)C(C(=O)OC)C1c1ccccc1Cl. The van der Waals surface area contributed by atoms with Gasteiger partial charge in [-0.15, -0.1) is 11.3 Å². The number of methoxy groups -OCH3 is 1. The average Bonchev–Trinajstić information content (AvgIpc) is 3.33. The van der Waals surface area contributed by atoms with Crippen molar-refractivity contribution in [3.05, 3.63) is 62.2 Å². The first-order chi connectivity index (χ1) is 17.3. The van der Waals surface area contributed by atoms with Crippen LogP contribution < -0.4 is 0 Å². The van der Waals surface area contributed by atoms with Gasteiger partial charge in [-0.05, 0) is 32.4 Å². The van der Waals surface area contributed by atoms with Gasteiger partial charge in [-0.25, -0.2) is 14.6 Å². The number of rotatable bonds is 10. The lowest BCUT2D eigenvalue weighted by molar-refractivity contribution is -0.144. The predicted molar refractivity (Wildman–Crippen MR) is 134 cm³/mol. The zero-order valence-electron chi connectivity index (χ0n) is 20.4. The molecule has 1 aliphatic rings. The van der Waals surface area contributed by atoms with Crippen LogP contribution in [0.2, 0.25) is 5.02 Å². The molecule has 0 saturated heterocycles. The fraction of sp³-hybridized carbons (Fsp3) is 0.400. The Morgan fingerprint density at radius 1 is 1.06 bits per heavy atom. The monoisotopic (exact) mass is 534 g/mol. The topological polar surface area (TPSA) is 113 Å². The zero-order chi connectivity index (χ0) is 26.2. The summed E-state index contributed by atoms with van der Waals surface area (Å²) in [6, 6.07) is 6.98. The van der Waals surface area contributed by atoms with Crippen LogP contribution in [0.4, 0.5) is 0 Å². The van der Waals surface area contributed by atoms with Gasteiger partial charge >= 0.3 is 17.9 Å². The van der Waals surface area contributed by atoms with Gasteiger partial charge in [0, 0.05) is 22.0 Å². The van der Waals surface area contributed by atoms with E-state index in [2.05, 4.69) is 9.98 Å². The zero-order valence-corrected chi connectivity index (χ0v) is 22.0. The number of hydrogen-bond acceptors (Lipinski definition) is 10. The minimum Gasteiger partial charge on any atom is -0.468 e. The highest BCUT2D eigenvalue weighted by Crippen LogP contribution is 2.42. The molecule has 11 heteroatoms. The molecule has 192 valence electrons. The maximum Gasteiger partial charge on any atom is 0.357 e. The summed E-state index contributed by atoms with van der Waals surface area (Å²) in [5.41, 5.74) is 1.73. The van der Waals surface area contributed by atoms with Gasteiger partial charge in [0.2, 0.25) is 0 Å². The molecule has 0 saturated carbocycles. The van der Waals surface area contributed by atoms with Crippen molar-refractivity contribution in [1.82, 2.24) is 4.98 Å². The van der Waals surface area contributed by atoms with E-state index in [1.165, 1.54) is 18.4 Å². The van der Waals surface area contributed by atoms with Gasteiger partial charge in [-0.3, -0.25) is 9.79 Å². The van der Waals surface area contributed by atoms with Crippen LogP contribution in [-0.4, -0.2) is 55.5 Å². The Bertz CT molecular complexity index is 1190. The Hall–Kier alpha value is -3.08. The fourth-order valence-electron chi connectivity index (χ4n) is 3.90. The number of benzene rings is 1. The first-order valence-electron chi connectivity index (χ1n) is 11.3. The molecule has 36 heavy (non-hydrogen) atoms. The number of carbonyl (C=O) groups is 3. The minimum atomic E-state index is -0.871. The molecule has 0 bridgehead atoms. The maximum atomic E-state index is 13.2. The van der Waals surface area contributed by atoms with Gasteiger partial charge in [-0.1, -0.05) is 29.8 Å². The minimum absolute atomic E-state index is 0.0609. The smallest absolute Gasteiger partial charge is 0.357 e. The van der Waals surface area contributed by atoms with Gasteiger partial charge in [0.15, 0.2) is 5.69 Å². The van der Waals surface area contributed by atoms with Gasteiger partial charge in [0.05, 0.1) is 44.8 Å². The fourth-order valence-corrected chi connectivity index (χ4v) is 4.85. The van der Waals surface area contributed by atoms with Crippen molar-refractivity contribution in [3.8, 4) is 0 Å². The number of halogens is 1. The molecule has 0 N–H and O–H groups in total. The summed E-state index contributed by atoms with van der Waals surface area (Å²) >= 11 is 7.76. The number of hydrogen-bond donors (Lipinski definition) is 0. The Labute approximate surface area is 218 Å². The Morgan fingerprint density at radius 3 is 2.42 bits per heavy atom. The summed E-state index contributed by atoms with van der Waals surface area (Å²) in [4.78, 5) is 46.6. The van der Waals surface area contributed by atoms with Crippen LogP contribution in [0.5, 0.6) is 0 Å². The molecule has 1 aliphatic heterocycles. The van der Waals surface area contributed by atoms with Crippen molar-refractivity contribution in [3.63, 3.8) is 0 Å². The third-order valence-electron chi connectivity index (χ3n) is 5.41. The van der Waals surface area contributed by atoms with Crippen molar-refractivity contribution in [1.29, 1.82) is 0 Å². The summed E-state index contributed by atoms with van der Waals surface area (Å²) in [5.74, 6) is -3.32. The van der Waals surface area contributed by atoms with E-state index in [9.17, 15) is 14.4 Å². The second-order valence-corrected chi connectivity index (χ2v) is 9.02. The Morgan fingerprint density at radius 2 is 1.75 bits per heavy atom. The molecule has 0 aliphatic carbocycles. The number of aromatic nitrogens is 1. The quantitative estimate of drug-likeness (QED) is 0.326. The molecule has 2 unspecified atom stereocenters. The van der Waals surface area contributed by atoms with Crippen LogP contribution in [0.25, 0.3) is 0 Å². The largest absolute Gasteiger partial charge is 0.468 e. The van der Waals surface area contributed by atoms with E-state index in [0.29, 0.717) is 27.0 Å². The predicted octanol–water partition coefficient (Wildman–Crippen LogP) is 4.35. The number of thiazole rings is 1. The highest BCUT2D eigenvalue weighted by molar-refractivity contribution is 7.09. The molecule has 0 spiro atoms.